The second kappa shape index (κ2) is 8.11. The summed E-state index contributed by atoms with van der Waals surface area (Å²) in [4.78, 5) is 11.8. The van der Waals surface area contributed by atoms with Gasteiger partial charge in [-0.1, -0.05) is 28.1 Å². The van der Waals surface area contributed by atoms with Crippen molar-refractivity contribution in [2.24, 2.45) is 0 Å². The summed E-state index contributed by atoms with van der Waals surface area (Å²) in [6.07, 6.45) is 0.351. The van der Waals surface area contributed by atoms with E-state index >= 15 is 0 Å². The van der Waals surface area contributed by atoms with Crippen LogP contribution in [0.3, 0.4) is 0 Å². The minimum atomic E-state index is -0.0104. The lowest BCUT2D eigenvalue weighted by molar-refractivity contribution is -0.120. The van der Waals surface area contributed by atoms with Gasteiger partial charge in [-0.3, -0.25) is 4.79 Å². The smallest absolute Gasteiger partial charge is 0.224 e. The molecule has 100 valence electrons. The maximum Gasteiger partial charge on any atom is 0.224 e. The first kappa shape index (κ1) is 15.0. The molecule has 0 aliphatic rings. The van der Waals surface area contributed by atoms with E-state index in [1.165, 1.54) is 0 Å². The topological polar surface area (TPSA) is 47.6 Å². The van der Waals surface area contributed by atoms with Gasteiger partial charge in [0.1, 0.15) is 5.75 Å². The maximum atomic E-state index is 11.7. The highest BCUT2D eigenvalue weighted by Gasteiger charge is 2.07. The Balaban J connectivity index is 2.39. The lowest BCUT2D eigenvalue weighted by atomic mass is 10.1. The Labute approximate surface area is 116 Å². The minimum Gasteiger partial charge on any atom is -0.497 e. The SMILES string of the molecule is COCC(Br)CNC(=O)Cc1cccc(OC)c1. The number of hydrogen-bond donors (Lipinski definition) is 1. The Morgan fingerprint density at radius 1 is 1.44 bits per heavy atom. The maximum absolute atomic E-state index is 11.7. The molecule has 0 spiro atoms. The zero-order valence-corrected chi connectivity index (χ0v) is 12.2. The number of alkyl halides is 1. The fourth-order valence-electron chi connectivity index (χ4n) is 1.49. The Kier molecular flexibility index (Phi) is 6.75. The molecule has 18 heavy (non-hydrogen) atoms. The normalized spacial score (nSPS) is 11.9. The highest BCUT2D eigenvalue weighted by Crippen LogP contribution is 2.12. The number of hydrogen-bond acceptors (Lipinski definition) is 3. The molecule has 1 amide bonds. The molecule has 1 aromatic rings. The predicted molar refractivity (Wildman–Crippen MR) is 74.3 cm³/mol. The van der Waals surface area contributed by atoms with E-state index in [1.54, 1.807) is 14.2 Å². The van der Waals surface area contributed by atoms with Crippen LogP contribution < -0.4 is 10.1 Å². The average molecular weight is 316 g/mol. The highest BCUT2D eigenvalue weighted by molar-refractivity contribution is 9.09. The van der Waals surface area contributed by atoms with Gasteiger partial charge < -0.3 is 14.8 Å². The van der Waals surface area contributed by atoms with Gasteiger partial charge in [-0.05, 0) is 17.7 Å². The summed E-state index contributed by atoms with van der Waals surface area (Å²) in [6, 6.07) is 7.50. The second-order valence-corrected chi connectivity index (χ2v) is 5.18. The Morgan fingerprint density at radius 2 is 2.22 bits per heavy atom. The Hall–Kier alpha value is -1.07. The van der Waals surface area contributed by atoms with E-state index in [1.807, 2.05) is 24.3 Å². The molecule has 0 aliphatic carbocycles. The number of methoxy groups -OCH3 is 2. The number of ether oxygens (including phenoxy) is 2. The molecular formula is C13H18BrNO3. The molecular weight excluding hydrogens is 298 g/mol. The molecule has 0 aromatic heterocycles. The third kappa shape index (κ3) is 5.51. The molecule has 1 N–H and O–H groups in total. The lowest BCUT2D eigenvalue weighted by Gasteiger charge is -2.10. The second-order valence-electron chi connectivity index (χ2n) is 3.89. The number of benzene rings is 1. The van der Waals surface area contributed by atoms with E-state index < -0.39 is 0 Å². The van der Waals surface area contributed by atoms with Gasteiger partial charge in [0.15, 0.2) is 0 Å². The molecule has 1 atom stereocenters. The van der Waals surface area contributed by atoms with Crippen LogP contribution in [0.4, 0.5) is 0 Å². The van der Waals surface area contributed by atoms with E-state index in [-0.39, 0.29) is 10.7 Å². The van der Waals surface area contributed by atoms with Crippen LogP contribution in [0.15, 0.2) is 24.3 Å². The van der Waals surface area contributed by atoms with E-state index in [0.29, 0.717) is 19.6 Å². The highest BCUT2D eigenvalue weighted by atomic mass is 79.9. The molecule has 1 unspecified atom stereocenters. The number of rotatable bonds is 7. The van der Waals surface area contributed by atoms with Crippen molar-refractivity contribution < 1.29 is 14.3 Å². The van der Waals surface area contributed by atoms with Crippen molar-refractivity contribution in [1.82, 2.24) is 5.32 Å². The number of halogens is 1. The van der Waals surface area contributed by atoms with Gasteiger partial charge in [-0.2, -0.15) is 0 Å². The third-order valence-electron chi connectivity index (χ3n) is 2.37. The molecule has 0 aliphatic heterocycles. The van der Waals surface area contributed by atoms with Crippen molar-refractivity contribution in [1.29, 1.82) is 0 Å². The van der Waals surface area contributed by atoms with Crippen LogP contribution in [0.25, 0.3) is 0 Å². The van der Waals surface area contributed by atoms with Crippen LogP contribution in [-0.4, -0.2) is 38.1 Å². The van der Waals surface area contributed by atoms with Crippen LogP contribution in [0.1, 0.15) is 5.56 Å². The van der Waals surface area contributed by atoms with Crippen LogP contribution in [-0.2, 0) is 16.0 Å². The van der Waals surface area contributed by atoms with E-state index in [9.17, 15) is 4.79 Å². The van der Waals surface area contributed by atoms with E-state index in [2.05, 4.69) is 21.2 Å². The number of nitrogens with one attached hydrogen (secondary N) is 1. The fraction of sp³-hybridized carbons (Fsp3) is 0.462. The van der Waals surface area contributed by atoms with E-state index in [0.717, 1.165) is 11.3 Å². The van der Waals surface area contributed by atoms with Gasteiger partial charge in [0.2, 0.25) is 5.91 Å². The number of carbonyl (C=O) groups excluding carboxylic acids is 1. The molecule has 1 rings (SSSR count). The first-order valence-electron chi connectivity index (χ1n) is 5.68. The lowest BCUT2D eigenvalue weighted by Crippen LogP contribution is -2.32. The summed E-state index contributed by atoms with van der Waals surface area (Å²) in [7, 11) is 3.24. The first-order valence-corrected chi connectivity index (χ1v) is 6.60. The monoisotopic (exact) mass is 315 g/mol. The predicted octanol–water partition coefficient (Wildman–Crippen LogP) is 1.76. The fourth-order valence-corrected chi connectivity index (χ4v) is 1.92. The molecule has 0 radical (unpaired) electrons. The molecule has 0 heterocycles. The quantitative estimate of drug-likeness (QED) is 0.780. The van der Waals surface area contributed by atoms with Crippen LogP contribution in [0.5, 0.6) is 5.75 Å². The molecule has 0 saturated heterocycles. The van der Waals surface area contributed by atoms with Gasteiger partial charge in [0.25, 0.3) is 0 Å². The van der Waals surface area contributed by atoms with Crippen molar-refractivity contribution in [2.75, 3.05) is 27.4 Å². The Bertz CT molecular complexity index is 384. The Morgan fingerprint density at radius 3 is 2.89 bits per heavy atom. The van der Waals surface area contributed by atoms with Crippen molar-refractivity contribution in [3.05, 3.63) is 29.8 Å². The summed E-state index contributed by atoms with van der Waals surface area (Å²) in [6.45, 7) is 1.12. The average Bonchev–Trinajstić information content (AvgIpc) is 2.37. The summed E-state index contributed by atoms with van der Waals surface area (Å²) >= 11 is 3.42. The number of carbonyl (C=O) groups is 1. The molecule has 1 aromatic carbocycles. The zero-order chi connectivity index (χ0) is 13.4. The minimum absolute atomic E-state index is 0.0104. The van der Waals surface area contributed by atoms with Crippen molar-refractivity contribution >= 4 is 21.8 Å². The van der Waals surface area contributed by atoms with Crippen molar-refractivity contribution in [3.8, 4) is 5.75 Å². The third-order valence-corrected chi connectivity index (χ3v) is 2.96. The molecule has 0 bridgehead atoms. The van der Waals surface area contributed by atoms with Crippen LogP contribution >= 0.6 is 15.9 Å². The molecule has 4 nitrogen and oxygen atoms in total. The standard InChI is InChI=1S/C13H18BrNO3/c1-17-9-11(14)8-15-13(16)7-10-4-3-5-12(6-10)18-2/h3-6,11H,7-9H2,1-2H3,(H,15,16). The molecule has 0 fully saturated rings. The largest absolute Gasteiger partial charge is 0.497 e. The first-order chi connectivity index (χ1) is 8.65. The van der Waals surface area contributed by atoms with Crippen LogP contribution in [0.2, 0.25) is 0 Å². The van der Waals surface area contributed by atoms with E-state index in [4.69, 9.17) is 9.47 Å². The van der Waals surface area contributed by atoms with Gasteiger partial charge in [-0.25, -0.2) is 0 Å². The number of amides is 1. The summed E-state index contributed by atoms with van der Waals surface area (Å²) < 4.78 is 10.1. The molecule has 5 heteroatoms. The van der Waals surface area contributed by atoms with Gasteiger partial charge in [0.05, 0.1) is 25.0 Å². The van der Waals surface area contributed by atoms with Crippen LogP contribution in [0, 0.1) is 0 Å². The summed E-state index contributed by atoms with van der Waals surface area (Å²) in [5.74, 6) is 0.752. The van der Waals surface area contributed by atoms with Gasteiger partial charge in [-0.15, -0.1) is 0 Å². The van der Waals surface area contributed by atoms with Gasteiger partial charge >= 0.3 is 0 Å². The summed E-state index contributed by atoms with van der Waals surface area (Å²) in [5.41, 5.74) is 0.935. The molecule has 0 saturated carbocycles. The van der Waals surface area contributed by atoms with Gasteiger partial charge in [0, 0.05) is 13.7 Å². The summed E-state index contributed by atoms with van der Waals surface area (Å²) in [5, 5.41) is 2.85. The van der Waals surface area contributed by atoms with Crippen molar-refractivity contribution in [3.63, 3.8) is 0 Å². The zero-order valence-electron chi connectivity index (χ0n) is 10.6. The van der Waals surface area contributed by atoms with Crippen molar-refractivity contribution in [2.45, 2.75) is 11.2 Å².